The Bertz CT molecular complexity index is 310. The quantitative estimate of drug-likeness (QED) is 0.473. The van der Waals surface area contributed by atoms with Gasteiger partial charge in [-0.1, -0.05) is 44.0 Å². The van der Waals surface area contributed by atoms with Gasteiger partial charge < -0.3 is 0 Å². The van der Waals surface area contributed by atoms with E-state index in [0.717, 1.165) is 5.56 Å². The SMILES string of the molecule is CSc1ccc(C(=O)C(Br)CBr)cc1. The van der Waals surface area contributed by atoms with E-state index in [9.17, 15) is 4.79 Å². The largest absolute Gasteiger partial charge is 0.293 e. The smallest absolute Gasteiger partial charge is 0.177 e. The van der Waals surface area contributed by atoms with Crippen LogP contribution in [0.1, 0.15) is 10.4 Å². The van der Waals surface area contributed by atoms with E-state index in [1.807, 2.05) is 30.5 Å². The van der Waals surface area contributed by atoms with Crippen molar-refractivity contribution >= 4 is 49.4 Å². The number of rotatable bonds is 4. The highest BCUT2D eigenvalue weighted by molar-refractivity contribution is 9.12. The first kappa shape index (κ1) is 12.3. The van der Waals surface area contributed by atoms with Gasteiger partial charge in [0.25, 0.3) is 0 Å². The molecule has 0 N–H and O–H groups in total. The van der Waals surface area contributed by atoms with Gasteiger partial charge in [0.15, 0.2) is 5.78 Å². The molecular weight excluding hydrogens is 328 g/mol. The summed E-state index contributed by atoms with van der Waals surface area (Å²) in [5.74, 6) is 0.120. The second-order valence-corrected chi connectivity index (χ2v) is 5.35. The summed E-state index contributed by atoms with van der Waals surface area (Å²) in [5.41, 5.74) is 0.754. The van der Waals surface area contributed by atoms with Gasteiger partial charge in [0.2, 0.25) is 0 Å². The van der Waals surface area contributed by atoms with Crippen molar-refractivity contribution in [3.05, 3.63) is 29.8 Å². The third-order valence-electron chi connectivity index (χ3n) is 1.79. The summed E-state index contributed by atoms with van der Waals surface area (Å²) in [6, 6.07) is 7.66. The van der Waals surface area contributed by atoms with E-state index in [-0.39, 0.29) is 10.6 Å². The van der Waals surface area contributed by atoms with Crippen molar-refractivity contribution in [1.29, 1.82) is 0 Å². The van der Waals surface area contributed by atoms with Gasteiger partial charge in [0, 0.05) is 15.8 Å². The first-order valence-electron chi connectivity index (χ1n) is 4.07. The fourth-order valence-electron chi connectivity index (χ4n) is 1.01. The zero-order valence-electron chi connectivity index (χ0n) is 7.67. The predicted molar refractivity (Wildman–Crippen MR) is 69.1 cm³/mol. The Morgan fingerprint density at radius 1 is 1.43 bits per heavy atom. The monoisotopic (exact) mass is 336 g/mol. The third kappa shape index (κ3) is 3.11. The summed E-state index contributed by atoms with van der Waals surface area (Å²) in [6.45, 7) is 0. The van der Waals surface area contributed by atoms with Crippen molar-refractivity contribution in [1.82, 2.24) is 0 Å². The summed E-state index contributed by atoms with van der Waals surface area (Å²) in [7, 11) is 0. The normalized spacial score (nSPS) is 12.5. The summed E-state index contributed by atoms with van der Waals surface area (Å²) < 4.78 is 0. The predicted octanol–water partition coefficient (Wildman–Crippen LogP) is 3.75. The minimum atomic E-state index is -0.136. The molecule has 4 heteroatoms. The van der Waals surface area contributed by atoms with Crippen LogP contribution >= 0.6 is 43.6 Å². The molecule has 0 aliphatic rings. The van der Waals surface area contributed by atoms with Crippen LogP contribution in [0, 0.1) is 0 Å². The minimum Gasteiger partial charge on any atom is -0.293 e. The third-order valence-corrected chi connectivity index (χ3v) is 4.79. The zero-order valence-corrected chi connectivity index (χ0v) is 11.7. The van der Waals surface area contributed by atoms with E-state index in [4.69, 9.17) is 0 Å². The van der Waals surface area contributed by atoms with Crippen molar-refractivity contribution < 1.29 is 4.79 Å². The van der Waals surface area contributed by atoms with Crippen LogP contribution in [0.15, 0.2) is 29.2 Å². The van der Waals surface area contributed by atoms with Crippen LogP contribution in [0.3, 0.4) is 0 Å². The van der Waals surface area contributed by atoms with Crippen molar-refractivity contribution in [2.24, 2.45) is 0 Å². The maximum Gasteiger partial charge on any atom is 0.177 e. The van der Waals surface area contributed by atoms with Gasteiger partial charge >= 0.3 is 0 Å². The second kappa shape index (κ2) is 5.93. The molecule has 1 aromatic carbocycles. The lowest BCUT2D eigenvalue weighted by Gasteiger charge is -2.05. The number of carbonyl (C=O) groups excluding carboxylic acids is 1. The molecule has 0 fully saturated rings. The van der Waals surface area contributed by atoms with Gasteiger partial charge in [-0.25, -0.2) is 0 Å². The van der Waals surface area contributed by atoms with Gasteiger partial charge in [0.05, 0.1) is 4.83 Å². The van der Waals surface area contributed by atoms with E-state index in [1.165, 1.54) is 4.90 Å². The molecule has 0 spiro atoms. The molecule has 0 heterocycles. The number of hydrogen-bond acceptors (Lipinski definition) is 2. The summed E-state index contributed by atoms with van der Waals surface area (Å²) in [5, 5.41) is 0.635. The summed E-state index contributed by atoms with van der Waals surface area (Å²) in [4.78, 5) is 12.7. The Balaban J connectivity index is 2.81. The number of carbonyl (C=O) groups is 1. The minimum absolute atomic E-state index is 0.120. The van der Waals surface area contributed by atoms with E-state index in [1.54, 1.807) is 11.8 Å². The molecule has 76 valence electrons. The zero-order chi connectivity index (χ0) is 10.6. The standard InChI is InChI=1S/C10H10Br2OS/c1-14-8-4-2-7(3-5-8)10(13)9(12)6-11/h2-5,9H,6H2,1H3. The first-order valence-corrected chi connectivity index (χ1v) is 7.33. The van der Waals surface area contributed by atoms with Crippen LogP contribution in [0.5, 0.6) is 0 Å². The number of hydrogen-bond donors (Lipinski definition) is 0. The Labute approximate surface area is 105 Å². The number of halogens is 2. The number of ketones is 1. The average Bonchev–Trinajstić information content (AvgIpc) is 2.27. The molecule has 1 unspecified atom stereocenters. The van der Waals surface area contributed by atoms with Crippen LogP contribution in [0.2, 0.25) is 0 Å². The van der Waals surface area contributed by atoms with Gasteiger partial charge in [-0.2, -0.15) is 0 Å². The Morgan fingerprint density at radius 2 is 2.00 bits per heavy atom. The first-order chi connectivity index (χ1) is 6.69. The molecule has 0 saturated heterocycles. The maximum atomic E-state index is 11.7. The van der Waals surface area contributed by atoms with Crippen LogP contribution < -0.4 is 0 Å². The maximum absolute atomic E-state index is 11.7. The van der Waals surface area contributed by atoms with Crippen LogP contribution in [-0.2, 0) is 0 Å². The van der Waals surface area contributed by atoms with Crippen molar-refractivity contribution in [2.75, 3.05) is 11.6 Å². The van der Waals surface area contributed by atoms with Crippen molar-refractivity contribution in [2.45, 2.75) is 9.72 Å². The van der Waals surface area contributed by atoms with Crippen molar-refractivity contribution in [3.63, 3.8) is 0 Å². The molecule has 1 atom stereocenters. The Morgan fingerprint density at radius 3 is 2.43 bits per heavy atom. The van der Waals surface area contributed by atoms with E-state index >= 15 is 0 Å². The Hall–Kier alpha value is 0.200. The number of Topliss-reactive ketones (excluding diaryl/α,β-unsaturated/α-hetero) is 1. The number of thioether (sulfide) groups is 1. The molecule has 1 nitrogen and oxygen atoms in total. The Kier molecular flexibility index (Phi) is 5.20. The second-order valence-electron chi connectivity index (χ2n) is 2.71. The lowest BCUT2D eigenvalue weighted by atomic mass is 10.1. The summed E-state index contributed by atoms with van der Waals surface area (Å²) in [6.07, 6.45) is 2.02. The van der Waals surface area contributed by atoms with E-state index in [0.29, 0.717) is 5.33 Å². The molecule has 14 heavy (non-hydrogen) atoms. The molecule has 0 amide bonds. The fraction of sp³-hybridized carbons (Fsp3) is 0.300. The van der Waals surface area contributed by atoms with E-state index < -0.39 is 0 Å². The highest BCUT2D eigenvalue weighted by atomic mass is 79.9. The molecule has 0 aromatic heterocycles. The molecule has 0 saturated carbocycles. The van der Waals surface area contributed by atoms with E-state index in [2.05, 4.69) is 31.9 Å². The highest BCUT2D eigenvalue weighted by Crippen LogP contribution is 2.17. The number of alkyl halides is 2. The molecule has 0 bridgehead atoms. The van der Waals surface area contributed by atoms with Gasteiger partial charge in [-0.05, 0) is 18.4 Å². The van der Waals surface area contributed by atoms with Gasteiger partial charge in [-0.15, -0.1) is 11.8 Å². The highest BCUT2D eigenvalue weighted by Gasteiger charge is 2.14. The van der Waals surface area contributed by atoms with Gasteiger partial charge in [-0.3, -0.25) is 4.79 Å². The lowest BCUT2D eigenvalue weighted by molar-refractivity contribution is 0.0997. The molecular formula is C10H10Br2OS. The molecule has 1 rings (SSSR count). The average molecular weight is 338 g/mol. The topological polar surface area (TPSA) is 17.1 Å². The number of benzene rings is 1. The van der Waals surface area contributed by atoms with Gasteiger partial charge in [0.1, 0.15) is 0 Å². The van der Waals surface area contributed by atoms with Crippen LogP contribution in [0.4, 0.5) is 0 Å². The van der Waals surface area contributed by atoms with Crippen LogP contribution in [0.25, 0.3) is 0 Å². The summed E-state index contributed by atoms with van der Waals surface area (Å²) >= 11 is 8.25. The van der Waals surface area contributed by atoms with Crippen LogP contribution in [-0.4, -0.2) is 22.2 Å². The molecule has 0 radical (unpaired) electrons. The molecule has 0 aliphatic carbocycles. The lowest BCUT2D eigenvalue weighted by Crippen LogP contribution is -2.15. The molecule has 0 aliphatic heterocycles. The fourth-order valence-corrected chi connectivity index (χ4v) is 1.97. The van der Waals surface area contributed by atoms with Crippen molar-refractivity contribution in [3.8, 4) is 0 Å². The molecule has 1 aromatic rings.